The number of nitrogens with zero attached hydrogens (tertiary/aromatic N) is 2. The van der Waals surface area contributed by atoms with Gasteiger partial charge in [-0.3, -0.25) is 4.68 Å². The summed E-state index contributed by atoms with van der Waals surface area (Å²) in [7, 11) is -3.35. The van der Waals surface area contributed by atoms with Crippen molar-refractivity contribution in [3.8, 4) is 0 Å². The van der Waals surface area contributed by atoms with Crippen LogP contribution in [0.15, 0.2) is 41.6 Å². The van der Waals surface area contributed by atoms with Crippen LogP contribution < -0.4 is 5.32 Å². The highest BCUT2D eigenvalue weighted by molar-refractivity contribution is 7.91. The Kier molecular flexibility index (Phi) is 5.90. The first-order valence-corrected chi connectivity index (χ1v) is 9.23. The number of sulfone groups is 1. The van der Waals surface area contributed by atoms with E-state index in [9.17, 15) is 12.8 Å². The third-order valence-corrected chi connectivity index (χ3v) is 5.30. The molecule has 5 nitrogen and oxygen atoms in total. The van der Waals surface area contributed by atoms with E-state index in [0.717, 1.165) is 12.1 Å². The summed E-state index contributed by atoms with van der Waals surface area (Å²) in [5.74, 6) is -0.396. The minimum Gasteiger partial charge on any atom is -0.312 e. The first-order valence-electron chi connectivity index (χ1n) is 7.57. The van der Waals surface area contributed by atoms with Gasteiger partial charge in [-0.15, -0.1) is 0 Å². The summed E-state index contributed by atoms with van der Waals surface area (Å²) in [6.45, 7) is 5.35. The zero-order chi connectivity index (χ0) is 16.9. The van der Waals surface area contributed by atoms with Crippen molar-refractivity contribution in [2.24, 2.45) is 0 Å². The van der Waals surface area contributed by atoms with E-state index in [2.05, 4.69) is 10.4 Å². The summed E-state index contributed by atoms with van der Waals surface area (Å²) in [5, 5.41) is 7.51. The second-order valence-electron chi connectivity index (χ2n) is 5.72. The highest BCUT2D eigenvalue weighted by atomic mass is 32.2. The number of halogens is 1. The lowest BCUT2D eigenvalue weighted by atomic mass is 10.3. The second-order valence-corrected chi connectivity index (χ2v) is 7.83. The van der Waals surface area contributed by atoms with E-state index in [0.29, 0.717) is 13.0 Å². The number of benzene rings is 1. The van der Waals surface area contributed by atoms with Crippen LogP contribution in [0.4, 0.5) is 4.39 Å². The molecule has 0 saturated heterocycles. The fraction of sp³-hybridized carbons (Fsp3) is 0.438. The number of hydrogen-bond acceptors (Lipinski definition) is 4. The van der Waals surface area contributed by atoms with E-state index in [1.54, 1.807) is 0 Å². The third-order valence-electron chi connectivity index (χ3n) is 3.48. The van der Waals surface area contributed by atoms with Gasteiger partial charge in [-0.1, -0.05) is 0 Å². The molecule has 0 fully saturated rings. The molecule has 0 aliphatic rings. The van der Waals surface area contributed by atoms with E-state index >= 15 is 0 Å². The van der Waals surface area contributed by atoms with Gasteiger partial charge in [0.25, 0.3) is 0 Å². The maximum Gasteiger partial charge on any atom is 0.178 e. The summed E-state index contributed by atoms with van der Waals surface area (Å²) in [5.41, 5.74) is 1.11. The van der Waals surface area contributed by atoms with Crippen molar-refractivity contribution in [2.75, 3.05) is 12.3 Å². The lowest BCUT2D eigenvalue weighted by Crippen LogP contribution is -2.32. The molecular weight excluding hydrogens is 317 g/mol. The van der Waals surface area contributed by atoms with Gasteiger partial charge < -0.3 is 5.32 Å². The number of aryl methyl sites for hydroxylation is 1. The molecule has 0 unspecified atom stereocenters. The zero-order valence-corrected chi connectivity index (χ0v) is 14.2. The Bertz CT molecular complexity index is 726. The van der Waals surface area contributed by atoms with Crippen LogP contribution in [0.5, 0.6) is 0 Å². The molecule has 0 radical (unpaired) electrons. The molecule has 2 aromatic rings. The molecule has 1 atom stereocenters. The molecule has 0 aliphatic carbocycles. The summed E-state index contributed by atoms with van der Waals surface area (Å²) in [6, 6.07) is 5.14. The van der Waals surface area contributed by atoms with E-state index in [1.807, 2.05) is 30.9 Å². The van der Waals surface area contributed by atoms with Crippen molar-refractivity contribution < 1.29 is 12.8 Å². The maximum atomic E-state index is 12.8. The molecule has 23 heavy (non-hydrogen) atoms. The molecule has 126 valence electrons. The van der Waals surface area contributed by atoms with Crippen molar-refractivity contribution in [3.05, 3.63) is 48.0 Å². The highest BCUT2D eigenvalue weighted by Crippen LogP contribution is 2.12. The number of aromatic nitrogens is 2. The Balaban J connectivity index is 1.75. The van der Waals surface area contributed by atoms with E-state index in [4.69, 9.17) is 0 Å². The van der Waals surface area contributed by atoms with E-state index in [1.165, 1.54) is 24.3 Å². The molecule has 0 spiro atoms. The van der Waals surface area contributed by atoms with Crippen LogP contribution in [-0.4, -0.2) is 36.5 Å². The molecule has 0 aliphatic heterocycles. The van der Waals surface area contributed by atoms with Crippen molar-refractivity contribution in [1.29, 1.82) is 0 Å². The van der Waals surface area contributed by atoms with Gasteiger partial charge in [0.05, 0.1) is 23.4 Å². The molecule has 0 bridgehead atoms. The molecule has 0 amide bonds. The largest absolute Gasteiger partial charge is 0.312 e. The predicted molar refractivity (Wildman–Crippen MR) is 87.5 cm³/mol. The van der Waals surface area contributed by atoms with Gasteiger partial charge in [0.1, 0.15) is 5.82 Å². The lowest BCUT2D eigenvalue weighted by Gasteiger charge is -2.13. The SMILES string of the molecule is Cc1cnn(C[C@H](C)NCCCS(=O)(=O)c2ccc(F)cc2)c1. The quantitative estimate of drug-likeness (QED) is 0.591. The number of hydrogen-bond donors (Lipinski definition) is 1. The fourth-order valence-electron chi connectivity index (χ4n) is 2.28. The van der Waals surface area contributed by atoms with E-state index < -0.39 is 15.7 Å². The Morgan fingerprint density at radius 3 is 2.61 bits per heavy atom. The standard InChI is InChI=1S/C16H22FN3O2S/c1-13-10-19-20(11-13)12-14(2)18-8-3-9-23(21,22)16-6-4-15(17)5-7-16/h4-7,10-11,14,18H,3,8-9,12H2,1-2H3/t14-/m0/s1. The molecule has 1 N–H and O–H groups in total. The smallest absolute Gasteiger partial charge is 0.178 e. The minimum absolute atomic E-state index is 0.0409. The molecule has 0 saturated carbocycles. The van der Waals surface area contributed by atoms with Crippen molar-refractivity contribution >= 4 is 9.84 Å². The monoisotopic (exact) mass is 339 g/mol. The first-order chi connectivity index (χ1) is 10.9. The van der Waals surface area contributed by atoms with Crippen LogP contribution in [0.2, 0.25) is 0 Å². The van der Waals surface area contributed by atoms with Gasteiger partial charge in [0, 0.05) is 12.2 Å². The molecular formula is C16H22FN3O2S. The Morgan fingerprint density at radius 2 is 2.00 bits per heavy atom. The van der Waals surface area contributed by atoms with Crippen LogP contribution in [0, 0.1) is 12.7 Å². The molecule has 2 rings (SSSR count). The average molecular weight is 339 g/mol. The average Bonchev–Trinajstić information content (AvgIpc) is 2.89. The first kappa shape index (κ1) is 17.6. The van der Waals surface area contributed by atoms with Gasteiger partial charge in [-0.2, -0.15) is 5.10 Å². The topological polar surface area (TPSA) is 64.0 Å². The Labute approximate surface area is 136 Å². The van der Waals surface area contributed by atoms with Crippen LogP contribution in [0.25, 0.3) is 0 Å². The van der Waals surface area contributed by atoms with Gasteiger partial charge in [0.2, 0.25) is 0 Å². The van der Waals surface area contributed by atoms with Gasteiger partial charge in [-0.25, -0.2) is 12.8 Å². The van der Waals surface area contributed by atoms with Crippen LogP contribution >= 0.6 is 0 Å². The third kappa shape index (κ3) is 5.44. The summed E-state index contributed by atoms with van der Waals surface area (Å²) in [4.78, 5) is 0.166. The summed E-state index contributed by atoms with van der Waals surface area (Å²) >= 11 is 0. The van der Waals surface area contributed by atoms with E-state index in [-0.39, 0.29) is 16.7 Å². The maximum absolute atomic E-state index is 12.8. The summed E-state index contributed by atoms with van der Waals surface area (Å²) in [6.07, 6.45) is 4.28. The normalized spacial score (nSPS) is 13.2. The van der Waals surface area contributed by atoms with Crippen LogP contribution in [0.3, 0.4) is 0 Å². The fourth-order valence-corrected chi connectivity index (χ4v) is 3.59. The number of rotatable bonds is 8. The zero-order valence-electron chi connectivity index (χ0n) is 13.4. The van der Waals surface area contributed by atoms with Gasteiger partial charge >= 0.3 is 0 Å². The van der Waals surface area contributed by atoms with Crippen molar-refractivity contribution in [1.82, 2.24) is 15.1 Å². The summed E-state index contributed by atoms with van der Waals surface area (Å²) < 4.78 is 38.9. The van der Waals surface area contributed by atoms with Gasteiger partial charge in [-0.05, 0) is 56.6 Å². The number of nitrogens with one attached hydrogen (secondary N) is 1. The highest BCUT2D eigenvalue weighted by Gasteiger charge is 2.14. The molecule has 1 aromatic carbocycles. The van der Waals surface area contributed by atoms with Gasteiger partial charge in [0.15, 0.2) is 9.84 Å². The lowest BCUT2D eigenvalue weighted by molar-refractivity contribution is 0.451. The Hall–Kier alpha value is -1.73. The van der Waals surface area contributed by atoms with Crippen LogP contribution in [0.1, 0.15) is 18.9 Å². The molecule has 1 heterocycles. The minimum atomic E-state index is -3.35. The van der Waals surface area contributed by atoms with Crippen molar-refractivity contribution in [2.45, 2.75) is 37.8 Å². The second kappa shape index (κ2) is 7.70. The van der Waals surface area contributed by atoms with Crippen LogP contribution in [-0.2, 0) is 16.4 Å². The predicted octanol–water partition coefficient (Wildman–Crippen LogP) is 2.17. The Morgan fingerprint density at radius 1 is 1.30 bits per heavy atom. The molecule has 7 heteroatoms. The molecule has 1 aromatic heterocycles. The van der Waals surface area contributed by atoms with Crippen molar-refractivity contribution in [3.63, 3.8) is 0 Å².